The van der Waals surface area contributed by atoms with Crippen LogP contribution >= 0.6 is 11.6 Å². The van der Waals surface area contributed by atoms with Crippen molar-refractivity contribution in [3.05, 3.63) is 63.4 Å². The maximum Gasteiger partial charge on any atom is 0.271 e. The van der Waals surface area contributed by atoms with E-state index in [1.165, 1.54) is 24.3 Å². The van der Waals surface area contributed by atoms with Gasteiger partial charge in [-0.05, 0) is 36.8 Å². The predicted molar refractivity (Wildman–Crippen MR) is 105 cm³/mol. The van der Waals surface area contributed by atoms with Crippen LogP contribution < -0.4 is 9.62 Å². The van der Waals surface area contributed by atoms with E-state index >= 15 is 0 Å². The number of rotatable bonds is 7. The minimum absolute atomic E-state index is 0.0214. The van der Waals surface area contributed by atoms with E-state index in [2.05, 4.69) is 5.32 Å². The number of carbonyl (C=O) groups excluding carboxylic acids is 1. The summed E-state index contributed by atoms with van der Waals surface area (Å²) in [5, 5.41) is 13.4. The van der Waals surface area contributed by atoms with Gasteiger partial charge in [-0.3, -0.25) is 19.2 Å². The van der Waals surface area contributed by atoms with E-state index < -0.39 is 32.7 Å². The van der Waals surface area contributed by atoms with Crippen molar-refractivity contribution in [1.29, 1.82) is 0 Å². The molecule has 0 bridgehead atoms. The number of non-ortho nitro benzene ring substituents is 1. The summed E-state index contributed by atoms with van der Waals surface area (Å²) in [7, 11) is -3.90. The van der Waals surface area contributed by atoms with Crippen molar-refractivity contribution in [2.45, 2.75) is 19.4 Å². The summed E-state index contributed by atoms with van der Waals surface area (Å²) in [4.78, 5) is 23.1. The lowest BCUT2D eigenvalue weighted by Crippen LogP contribution is -2.47. The summed E-state index contributed by atoms with van der Waals surface area (Å²) in [5.41, 5.74) is -0.200. The van der Waals surface area contributed by atoms with Gasteiger partial charge in [0, 0.05) is 12.1 Å². The van der Waals surface area contributed by atoms with E-state index in [1.54, 1.807) is 6.92 Å². The fraction of sp³-hybridized carbons (Fsp3) is 0.235. The van der Waals surface area contributed by atoms with Gasteiger partial charge in [0.15, 0.2) is 0 Å². The van der Waals surface area contributed by atoms with Gasteiger partial charge in [0.05, 0.1) is 27.6 Å². The standard InChI is InChI=1S/C17H17ClFN3O5S/c1-3-16(21(28(2,26)27)12-6-4-11(19)5-7-12)17(23)20-15-10-13(22(24)25)8-9-14(15)18/h4-10,16H,3H2,1-2H3,(H,20,23)/t16-/m0/s1. The number of hydrogen-bond acceptors (Lipinski definition) is 5. The largest absolute Gasteiger partial charge is 0.323 e. The minimum atomic E-state index is -3.90. The van der Waals surface area contributed by atoms with Crippen LogP contribution in [0.15, 0.2) is 42.5 Å². The number of amides is 1. The van der Waals surface area contributed by atoms with E-state index in [4.69, 9.17) is 11.6 Å². The second kappa shape index (κ2) is 8.53. The molecule has 2 rings (SSSR count). The van der Waals surface area contributed by atoms with Crippen LogP contribution in [0.25, 0.3) is 0 Å². The first kappa shape index (κ1) is 21.6. The number of anilines is 2. The number of hydrogen-bond donors (Lipinski definition) is 1. The quantitative estimate of drug-likeness (QED) is 0.534. The molecule has 1 atom stereocenters. The predicted octanol–water partition coefficient (Wildman–Crippen LogP) is 3.57. The van der Waals surface area contributed by atoms with Gasteiger partial charge in [0.25, 0.3) is 5.69 Å². The zero-order valence-corrected chi connectivity index (χ0v) is 16.5. The van der Waals surface area contributed by atoms with Gasteiger partial charge in [-0.2, -0.15) is 0 Å². The van der Waals surface area contributed by atoms with E-state index in [1.807, 2.05) is 0 Å². The molecule has 150 valence electrons. The highest BCUT2D eigenvalue weighted by molar-refractivity contribution is 7.92. The smallest absolute Gasteiger partial charge is 0.271 e. The highest BCUT2D eigenvalue weighted by atomic mass is 35.5. The molecule has 0 spiro atoms. The highest BCUT2D eigenvalue weighted by Gasteiger charge is 2.32. The lowest BCUT2D eigenvalue weighted by atomic mass is 10.1. The van der Waals surface area contributed by atoms with Gasteiger partial charge >= 0.3 is 0 Å². The van der Waals surface area contributed by atoms with Crippen LogP contribution in [0.3, 0.4) is 0 Å². The molecule has 0 aliphatic heterocycles. The summed E-state index contributed by atoms with van der Waals surface area (Å²) < 4.78 is 38.7. The Bertz CT molecular complexity index is 998. The average molecular weight is 430 g/mol. The number of nitrogens with one attached hydrogen (secondary N) is 1. The molecular weight excluding hydrogens is 413 g/mol. The third-order valence-electron chi connectivity index (χ3n) is 3.83. The first-order valence-corrected chi connectivity index (χ1v) is 10.3. The Kier molecular flexibility index (Phi) is 6.57. The van der Waals surface area contributed by atoms with Crippen molar-refractivity contribution >= 4 is 44.6 Å². The molecule has 28 heavy (non-hydrogen) atoms. The molecule has 0 heterocycles. The fourth-order valence-corrected chi connectivity index (χ4v) is 3.96. The molecule has 0 radical (unpaired) electrons. The molecule has 0 aliphatic rings. The fourth-order valence-electron chi connectivity index (χ4n) is 2.59. The number of benzene rings is 2. The number of carbonyl (C=O) groups is 1. The van der Waals surface area contributed by atoms with Crippen molar-refractivity contribution < 1.29 is 22.5 Å². The summed E-state index contributed by atoms with van der Waals surface area (Å²) in [6.45, 7) is 1.60. The second-order valence-electron chi connectivity index (χ2n) is 5.87. The maximum absolute atomic E-state index is 13.2. The van der Waals surface area contributed by atoms with Crippen LogP contribution in [0.4, 0.5) is 21.5 Å². The average Bonchev–Trinajstić information content (AvgIpc) is 2.61. The van der Waals surface area contributed by atoms with Crippen LogP contribution in [0.2, 0.25) is 5.02 Å². The first-order chi connectivity index (χ1) is 13.0. The van der Waals surface area contributed by atoms with Crippen LogP contribution in [-0.4, -0.2) is 31.5 Å². The van der Waals surface area contributed by atoms with Crippen molar-refractivity contribution in [3.8, 4) is 0 Å². The van der Waals surface area contributed by atoms with Crippen LogP contribution in [0, 0.1) is 15.9 Å². The van der Waals surface area contributed by atoms with Crippen molar-refractivity contribution in [2.24, 2.45) is 0 Å². The first-order valence-electron chi connectivity index (χ1n) is 8.04. The molecule has 8 nitrogen and oxygen atoms in total. The molecule has 2 aromatic carbocycles. The van der Waals surface area contributed by atoms with Gasteiger partial charge in [-0.25, -0.2) is 12.8 Å². The molecule has 0 aromatic heterocycles. The van der Waals surface area contributed by atoms with Crippen molar-refractivity contribution in [3.63, 3.8) is 0 Å². The topological polar surface area (TPSA) is 110 Å². The number of halogens is 2. The van der Waals surface area contributed by atoms with E-state index in [0.29, 0.717) is 0 Å². The third kappa shape index (κ3) is 4.96. The van der Waals surface area contributed by atoms with Crippen molar-refractivity contribution in [2.75, 3.05) is 15.9 Å². The molecule has 1 N–H and O–H groups in total. The van der Waals surface area contributed by atoms with E-state index in [-0.39, 0.29) is 28.5 Å². The molecule has 0 saturated heterocycles. The summed E-state index contributed by atoms with van der Waals surface area (Å²) in [6.07, 6.45) is 1.01. The zero-order chi connectivity index (χ0) is 21.1. The minimum Gasteiger partial charge on any atom is -0.323 e. The molecule has 11 heteroatoms. The van der Waals surface area contributed by atoms with Gasteiger partial charge in [0.1, 0.15) is 11.9 Å². The highest BCUT2D eigenvalue weighted by Crippen LogP contribution is 2.28. The Morgan fingerprint density at radius 2 is 1.89 bits per heavy atom. The number of nitro groups is 1. The normalized spacial score (nSPS) is 12.3. The molecular formula is C17H17ClFN3O5S. The van der Waals surface area contributed by atoms with Crippen LogP contribution in [-0.2, 0) is 14.8 Å². The van der Waals surface area contributed by atoms with Crippen LogP contribution in [0.1, 0.15) is 13.3 Å². The number of nitro benzene ring substituents is 1. The summed E-state index contributed by atoms with van der Waals surface area (Å²) in [5.74, 6) is -1.29. The Labute approximate surface area is 166 Å². The molecule has 2 aromatic rings. The van der Waals surface area contributed by atoms with Gasteiger partial charge in [-0.15, -0.1) is 0 Å². The van der Waals surface area contributed by atoms with E-state index in [0.717, 1.165) is 28.8 Å². The molecule has 0 unspecified atom stereocenters. The lowest BCUT2D eigenvalue weighted by molar-refractivity contribution is -0.384. The third-order valence-corrected chi connectivity index (χ3v) is 5.34. The van der Waals surface area contributed by atoms with Crippen LogP contribution in [0.5, 0.6) is 0 Å². The second-order valence-corrected chi connectivity index (χ2v) is 8.14. The Morgan fingerprint density at radius 3 is 2.39 bits per heavy atom. The van der Waals surface area contributed by atoms with E-state index in [9.17, 15) is 27.7 Å². The molecule has 1 amide bonds. The summed E-state index contributed by atoms with van der Waals surface area (Å²) >= 11 is 5.99. The Hall–Kier alpha value is -2.72. The van der Waals surface area contributed by atoms with Gasteiger partial charge in [0.2, 0.25) is 15.9 Å². The monoisotopic (exact) mass is 429 g/mol. The number of nitrogens with zero attached hydrogens (tertiary/aromatic N) is 2. The maximum atomic E-state index is 13.2. The van der Waals surface area contributed by atoms with Crippen molar-refractivity contribution in [1.82, 2.24) is 0 Å². The molecule has 0 fully saturated rings. The molecule has 0 aliphatic carbocycles. The summed E-state index contributed by atoms with van der Waals surface area (Å²) in [6, 6.07) is 6.97. The zero-order valence-electron chi connectivity index (χ0n) is 14.9. The Balaban J connectivity index is 2.41. The Morgan fingerprint density at radius 1 is 1.29 bits per heavy atom. The van der Waals surface area contributed by atoms with Gasteiger partial charge in [-0.1, -0.05) is 18.5 Å². The lowest BCUT2D eigenvalue weighted by Gasteiger charge is -2.30. The number of sulfonamides is 1. The SMILES string of the molecule is CC[C@@H](C(=O)Nc1cc([N+](=O)[O-])ccc1Cl)N(c1ccc(F)cc1)S(C)(=O)=O. The van der Waals surface area contributed by atoms with Gasteiger partial charge < -0.3 is 5.32 Å². The molecule has 0 saturated carbocycles.